The number of alkyl halides is 2. The van der Waals surface area contributed by atoms with Crippen LogP contribution in [0.3, 0.4) is 0 Å². The van der Waals surface area contributed by atoms with Gasteiger partial charge in [0.15, 0.2) is 0 Å². The highest BCUT2D eigenvalue weighted by molar-refractivity contribution is 14.1. The summed E-state index contributed by atoms with van der Waals surface area (Å²) >= 11 is 7.35. The first-order chi connectivity index (χ1) is 7.50. The Balaban J connectivity index is 2.81. The summed E-state index contributed by atoms with van der Waals surface area (Å²) in [7, 11) is 0. The van der Waals surface area contributed by atoms with E-state index in [0.29, 0.717) is 10.9 Å². The first-order valence-corrected chi connectivity index (χ1v) is 5.68. The van der Waals surface area contributed by atoms with E-state index < -0.39 is 12.2 Å². The summed E-state index contributed by atoms with van der Waals surface area (Å²) in [6.45, 7) is 0. The Bertz CT molecular complexity index is 559. The van der Waals surface area contributed by atoms with Crippen LogP contribution in [0.15, 0.2) is 18.2 Å². The van der Waals surface area contributed by atoms with Gasteiger partial charge in [0.05, 0.1) is 14.7 Å². The summed E-state index contributed by atoms with van der Waals surface area (Å²) in [5, 5.41) is 0.102. The van der Waals surface area contributed by atoms with Crippen molar-refractivity contribution in [3.05, 3.63) is 38.3 Å². The molecule has 0 radical (unpaired) electrons. The van der Waals surface area contributed by atoms with E-state index >= 15 is 0 Å². The van der Waals surface area contributed by atoms with Gasteiger partial charge in [-0.2, -0.15) is 0 Å². The molecule has 1 heterocycles. The van der Waals surface area contributed by atoms with Crippen molar-refractivity contribution >= 4 is 45.1 Å². The third kappa shape index (κ3) is 1.98. The van der Waals surface area contributed by atoms with E-state index in [1.54, 1.807) is 22.6 Å². The van der Waals surface area contributed by atoms with Gasteiger partial charge in [-0.15, -0.1) is 0 Å². The van der Waals surface area contributed by atoms with E-state index in [4.69, 9.17) is 11.6 Å². The van der Waals surface area contributed by atoms with Crippen LogP contribution < -0.4 is 0 Å². The van der Waals surface area contributed by atoms with Crippen molar-refractivity contribution in [2.45, 2.75) is 6.43 Å². The second-order valence-corrected chi connectivity index (χ2v) is 4.53. The minimum absolute atomic E-state index is 0.245. The van der Waals surface area contributed by atoms with E-state index in [2.05, 4.69) is 4.98 Å². The molecular weight excluding hydrogens is 353 g/mol. The van der Waals surface area contributed by atoms with Gasteiger partial charge in [-0.05, 0) is 40.8 Å². The minimum atomic E-state index is -2.72. The molecule has 0 aliphatic heterocycles. The Kier molecular flexibility index (Phi) is 3.25. The van der Waals surface area contributed by atoms with Crippen molar-refractivity contribution in [1.29, 1.82) is 0 Å². The van der Waals surface area contributed by atoms with Gasteiger partial charge < -0.3 is 0 Å². The molecule has 0 saturated heterocycles. The average Bonchev–Trinajstić information content (AvgIpc) is 2.23. The number of pyridine rings is 1. The van der Waals surface area contributed by atoms with Crippen LogP contribution in [-0.4, -0.2) is 4.98 Å². The van der Waals surface area contributed by atoms with Crippen LogP contribution in [-0.2, 0) is 0 Å². The van der Waals surface area contributed by atoms with Crippen LogP contribution in [0.25, 0.3) is 10.9 Å². The van der Waals surface area contributed by atoms with Crippen LogP contribution in [0.5, 0.6) is 0 Å². The van der Waals surface area contributed by atoms with Gasteiger partial charge in [-0.3, -0.25) is 0 Å². The van der Waals surface area contributed by atoms with Gasteiger partial charge in [-0.1, -0.05) is 11.6 Å². The maximum Gasteiger partial charge on any atom is 0.266 e. The quantitative estimate of drug-likeness (QED) is 0.538. The van der Waals surface area contributed by atoms with Crippen molar-refractivity contribution in [3.63, 3.8) is 0 Å². The standard InChI is InChI=1S/C10H4ClF3IN/c11-9-5(10(13)14)3-4-7(16-9)2-1-6(12)8(4)15/h1-3,10H. The largest absolute Gasteiger partial charge is 0.266 e. The smallest absolute Gasteiger partial charge is 0.236 e. The summed E-state index contributed by atoms with van der Waals surface area (Å²) in [4.78, 5) is 3.81. The first-order valence-electron chi connectivity index (χ1n) is 4.23. The molecule has 0 saturated carbocycles. The molecule has 0 N–H and O–H groups in total. The summed E-state index contributed by atoms with van der Waals surface area (Å²) in [5.74, 6) is -0.461. The molecule has 0 bridgehead atoms. The van der Waals surface area contributed by atoms with E-state index in [1.807, 2.05) is 0 Å². The lowest BCUT2D eigenvalue weighted by Gasteiger charge is -2.06. The summed E-state index contributed by atoms with van der Waals surface area (Å²) in [6.07, 6.45) is -2.72. The average molecular weight is 358 g/mol. The van der Waals surface area contributed by atoms with Gasteiger partial charge in [0.25, 0.3) is 6.43 Å². The van der Waals surface area contributed by atoms with Crippen LogP contribution in [0.4, 0.5) is 13.2 Å². The van der Waals surface area contributed by atoms with Crippen molar-refractivity contribution in [2.24, 2.45) is 0 Å². The molecule has 2 aromatic rings. The van der Waals surface area contributed by atoms with Crippen molar-refractivity contribution in [3.8, 4) is 0 Å². The molecule has 1 nitrogen and oxygen atoms in total. The van der Waals surface area contributed by atoms with Gasteiger partial charge in [-0.25, -0.2) is 18.2 Å². The second-order valence-electron chi connectivity index (χ2n) is 3.10. The fraction of sp³-hybridized carbons (Fsp3) is 0.100. The van der Waals surface area contributed by atoms with Gasteiger partial charge in [0.1, 0.15) is 11.0 Å². The highest BCUT2D eigenvalue weighted by Crippen LogP contribution is 2.31. The zero-order valence-corrected chi connectivity index (χ0v) is 10.6. The topological polar surface area (TPSA) is 12.9 Å². The number of benzene rings is 1. The molecule has 2 rings (SSSR count). The number of hydrogen-bond donors (Lipinski definition) is 0. The first kappa shape index (κ1) is 11.9. The highest BCUT2D eigenvalue weighted by Gasteiger charge is 2.16. The fourth-order valence-electron chi connectivity index (χ4n) is 1.33. The third-order valence-corrected chi connectivity index (χ3v) is 3.50. The molecule has 0 atom stereocenters. The predicted octanol–water partition coefficient (Wildman–Crippen LogP) is 4.57. The van der Waals surface area contributed by atoms with Crippen molar-refractivity contribution in [1.82, 2.24) is 4.98 Å². The molecule has 0 aliphatic rings. The molecule has 6 heteroatoms. The number of halogens is 5. The van der Waals surface area contributed by atoms with E-state index in [-0.39, 0.29) is 14.3 Å². The van der Waals surface area contributed by atoms with Gasteiger partial charge >= 0.3 is 0 Å². The number of fused-ring (bicyclic) bond motifs is 1. The molecular formula is C10H4ClF3IN. The Morgan fingerprint density at radius 1 is 1.31 bits per heavy atom. The van der Waals surface area contributed by atoms with Crippen molar-refractivity contribution < 1.29 is 13.2 Å². The van der Waals surface area contributed by atoms with Gasteiger partial charge in [0.2, 0.25) is 0 Å². The van der Waals surface area contributed by atoms with Gasteiger partial charge in [0, 0.05) is 5.39 Å². The number of aromatic nitrogens is 1. The predicted molar refractivity (Wildman–Crippen MR) is 64.4 cm³/mol. The Morgan fingerprint density at radius 3 is 2.62 bits per heavy atom. The molecule has 1 aromatic carbocycles. The SMILES string of the molecule is Fc1ccc2nc(Cl)c(C(F)F)cc2c1I. The lowest BCUT2D eigenvalue weighted by molar-refractivity contribution is 0.151. The number of nitrogens with zero attached hydrogens (tertiary/aromatic N) is 1. The molecule has 0 amide bonds. The van der Waals surface area contributed by atoms with E-state index in [0.717, 1.165) is 0 Å². The lowest BCUT2D eigenvalue weighted by atomic mass is 10.1. The highest BCUT2D eigenvalue weighted by atomic mass is 127. The summed E-state index contributed by atoms with van der Waals surface area (Å²) in [5.41, 5.74) is 0.0258. The maximum atomic E-state index is 13.2. The van der Waals surface area contributed by atoms with Crippen LogP contribution in [0.2, 0.25) is 5.15 Å². The zero-order chi connectivity index (χ0) is 11.9. The Hall–Kier alpha value is -0.560. The minimum Gasteiger partial charge on any atom is -0.236 e. The molecule has 0 spiro atoms. The maximum absolute atomic E-state index is 13.2. The van der Waals surface area contributed by atoms with E-state index in [1.165, 1.54) is 18.2 Å². The van der Waals surface area contributed by atoms with Crippen LogP contribution in [0.1, 0.15) is 12.0 Å². The Labute approximate surface area is 108 Å². The summed E-state index contributed by atoms with van der Waals surface area (Å²) in [6, 6.07) is 3.82. The lowest BCUT2D eigenvalue weighted by Crippen LogP contribution is -1.93. The fourth-order valence-corrected chi connectivity index (χ4v) is 2.17. The number of hydrogen-bond acceptors (Lipinski definition) is 1. The molecule has 16 heavy (non-hydrogen) atoms. The normalized spacial score (nSPS) is 11.4. The van der Waals surface area contributed by atoms with Crippen molar-refractivity contribution in [2.75, 3.05) is 0 Å². The molecule has 1 aromatic heterocycles. The third-order valence-electron chi connectivity index (χ3n) is 2.10. The zero-order valence-electron chi connectivity index (χ0n) is 7.65. The molecule has 0 aliphatic carbocycles. The summed E-state index contributed by atoms with van der Waals surface area (Å²) < 4.78 is 38.6. The van der Waals surface area contributed by atoms with E-state index in [9.17, 15) is 13.2 Å². The molecule has 0 fully saturated rings. The molecule has 0 unspecified atom stereocenters. The molecule has 84 valence electrons. The van der Waals surface area contributed by atoms with Crippen LogP contribution >= 0.6 is 34.2 Å². The number of rotatable bonds is 1. The monoisotopic (exact) mass is 357 g/mol. The Morgan fingerprint density at radius 2 is 2.00 bits per heavy atom. The van der Waals surface area contributed by atoms with Crippen LogP contribution in [0, 0.1) is 9.39 Å². The second kappa shape index (κ2) is 4.37.